The van der Waals surface area contributed by atoms with E-state index in [-0.39, 0.29) is 6.42 Å². The van der Waals surface area contributed by atoms with Crippen LogP contribution in [0.2, 0.25) is 0 Å². The van der Waals surface area contributed by atoms with Gasteiger partial charge in [0, 0.05) is 19.2 Å². The van der Waals surface area contributed by atoms with Gasteiger partial charge in [-0.3, -0.25) is 24.8 Å². The van der Waals surface area contributed by atoms with Gasteiger partial charge in [-0.05, 0) is 24.3 Å². The predicted molar refractivity (Wildman–Crippen MR) is 75.4 cm³/mol. The van der Waals surface area contributed by atoms with Crippen LogP contribution in [0.4, 0.5) is 5.69 Å². The Morgan fingerprint density at radius 3 is 2.41 bits per heavy atom. The fourth-order valence-corrected chi connectivity index (χ4v) is 2.03. The number of hydrazine groups is 1. The minimum atomic E-state index is -1.01. The van der Waals surface area contributed by atoms with Crippen molar-refractivity contribution in [3.63, 3.8) is 0 Å². The average Bonchev–Trinajstić information content (AvgIpc) is 2.73. The molecule has 22 heavy (non-hydrogen) atoms. The third-order valence-electron chi connectivity index (χ3n) is 3.20. The molecular weight excluding hydrogens is 290 g/mol. The third kappa shape index (κ3) is 3.22. The van der Waals surface area contributed by atoms with Gasteiger partial charge < -0.3 is 10.1 Å². The zero-order valence-electron chi connectivity index (χ0n) is 12.1. The van der Waals surface area contributed by atoms with Crippen molar-refractivity contribution < 1.29 is 23.9 Å². The van der Waals surface area contributed by atoms with Crippen molar-refractivity contribution in [1.29, 1.82) is 0 Å². The van der Waals surface area contributed by atoms with E-state index in [4.69, 9.17) is 0 Å². The maximum Gasteiger partial charge on any atom is 0.337 e. The monoisotopic (exact) mass is 305 g/mol. The normalized spacial score (nSPS) is 17.2. The summed E-state index contributed by atoms with van der Waals surface area (Å²) in [7, 11) is 2.70. The van der Waals surface area contributed by atoms with Crippen LogP contribution in [-0.2, 0) is 19.1 Å². The van der Waals surface area contributed by atoms with E-state index >= 15 is 0 Å². The number of benzene rings is 1. The van der Waals surface area contributed by atoms with Gasteiger partial charge in [0.2, 0.25) is 5.91 Å². The Balaban J connectivity index is 1.96. The Bertz CT molecular complexity index is 626. The molecule has 1 fully saturated rings. The zero-order chi connectivity index (χ0) is 16.3. The zero-order valence-corrected chi connectivity index (χ0v) is 12.1. The van der Waals surface area contributed by atoms with Gasteiger partial charge in [0.25, 0.3) is 11.8 Å². The summed E-state index contributed by atoms with van der Waals surface area (Å²) in [4.78, 5) is 46.4. The van der Waals surface area contributed by atoms with E-state index in [2.05, 4.69) is 15.5 Å². The number of carbonyl (C=O) groups excluding carboxylic acids is 4. The second kappa shape index (κ2) is 6.25. The average molecular weight is 305 g/mol. The van der Waals surface area contributed by atoms with Crippen molar-refractivity contribution in [3.8, 4) is 0 Å². The number of methoxy groups -OCH3 is 1. The van der Waals surface area contributed by atoms with Crippen LogP contribution in [0.3, 0.4) is 0 Å². The quantitative estimate of drug-likeness (QED) is 0.598. The lowest BCUT2D eigenvalue weighted by atomic mass is 10.0. The number of ether oxygens (including phenoxy) is 1. The van der Waals surface area contributed by atoms with Crippen molar-refractivity contribution in [3.05, 3.63) is 29.8 Å². The van der Waals surface area contributed by atoms with E-state index in [0.29, 0.717) is 11.3 Å². The van der Waals surface area contributed by atoms with Crippen LogP contribution in [0.5, 0.6) is 0 Å². The minimum Gasteiger partial charge on any atom is -0.465 e. The third-order valence-corrected chi connectivity index (χ3v) is 3.20. The molecule has 8 nitrogen and oxygen atoms in total. The number of nitrogens with one attached hydrogen (secondary N) is 2. The van der Waals surface area contributed by atoms with Crippen molar-refractivity contribution >= 4 is 29.4 Å². The van der Waals surface area contributed by atoms with Gasteiger partial charge in [-0.2, -0.15) is 0 Å². The smallest absolute Gasteiger partial charge is 0.337 e. The van der Waals surface area contributed by atoms with Crippen LogP contribution in [0.1, 0.15) is 16.8 Å². The second-order valence-electron chi connectivity index (χ2n) is 4.75. The van der Waals surface area contributed by atoms with Gasteiger partial charge in [0.1, 0.15) is 5.92 Å². The Morgan fingerprint density at radius 1 is 1.27 bits per heavy atom. The molecule has 1 aromatic carbocycles. The van der Waals surface area contributed by atoms with Gasteiger partial charge in [-0.1, -0.05) is 0 Å². The molecule has 8 heteroatoms. The molecule has 0 aromatic heterocycles. The maximum absolute atomic E-state index is 11.9. The molecule has 0 aliphatic carbocycles. The number of nitrogens with zero attached hydrogens (tertiary/aromatic N) is 1. The molecule has 0 spiro atoms. The van der Waals surface area contributed by atoms with E-state index < -0.39 is 29.6 Å². The van der Waals surface area contributed by atoms with Crippen molar-refractivity contribution in [2.75, 3.05) is 19.5 Å². The van der Waals surface area contributed by atoms with Crippen molar-refractivity contribution in [2.45, 2.75) is 6.42 Å². The summed E-state index contributed by atoms with van der Waals surface area (Å²) >= 11 is 0. The van der Waals surface area contributed by atoms with E-state index in [1.165, 1.54) is 38.4 Å². The number of hydrogen-bond donors (Lipinski definition) is 2. The lowest BCUT2D eigenvalue weighted by Crippen LogP contribution is -2.31. The molecule has 1 atom stereocenters. The number of rotatable bonds is 4. The molecule has 1 saturated heterocycles. The van der Waals surface area contributed by atoms with Crippen LogP contribution >= 0.6 is 0 Å². The number of amides is 3. The molecule has 1 aliphatic rings. The highest BCUT2D eigenvalue weighted by molar-refractivity contribution is 6.08. The standard InChI is InChI=1S/C14H15N3O5/c1-17-13(20)10(12(19)16-17)7-11(18)15-9-5-3-8(4-6-9)14(21)22-2/h3-6,10H,7H2,1-2H3,(H,15,18)(H,16,19). The highest BCUT2D eigenvalue weighted by atomic mass is 16.5. The first-order valence-electron chi connectivity index (χ1n) is 6.48. The highest BCUT2D eigenvalue weighted by Gasteiger charge is 2.38. The maximum atomic E-state index is 11.9. The van der Waals surface area contributed by atoms with Crippen LogP contribution in [0, 0.1) is 5.92 Å². The first-order chi connectivity index (χ1) is 10.4. The molecule has 2 rings (SSSR count). The van der Waals surface area contributed by atoms with Gasteiger partial charge >= 0.3 is 5.97 Å². The molecule has 1 unspecified atom stereocenters. The highest BCUT2D eigenvalue weighted by Crippen LogP contribution is 2.16. The van der Waals surface area contributed by atoms with Crippen molar-refractivity contribution in [1.82, 2.24) is 10.4 Å². The fraction of sp³-hybridized carbons (Fsp3) is 0.286. The van der Waals surface area contributed by atoms with E-state index in [1.807, 2.05) is 0 Å². The molecule has 0 saturated carbocycles. The largest absolute Gasteiger partial charge is 0.465 e. The summed E-state index contributed by atoms with van der Waals surface area (Å²) in [5, 5.41) is 3.63. The predicted octanol–water partition coefficient (Wildman–Crippen LogP) is -0.0788. The number of esters is 1. The Labute approximate surface area is 126 Å². The molecule has 2 N–H and O–H groups in total. The number of hydrogen-bond acceptors (Lipinski definition) is 5. The van der Waals surface area contributed by atoms with Crippen LogP contribution in [0.15, 0.2) is 24.3 Å². The minimum absolute atomic E-state index is 0.242. The van der Waals surface area contributed by atoms with Gasteiger partial charge in [0.05, 0.1) is 12.7 Å². The molecule has 1 aliphatic heterocycles. The summed E-state index contributed by atoms with van der Waals surface area (Å²) in [6.45, 7) is 0. The number of anilines is 1. The summed E-state index contributed by atoms with van der Waals surface area (Å²) < 4.78 is 4.57. The Hall–Kier alpha value is -2.90. The van der Waals surface area contributed by atoms with Gasteiger partial charge in [-0.25, -0.2) is 4.79 Å². The topological polar surface area (TPSA) is 105 Å². The number of carbonyl (C=O) groups is 4. The van der Waals surface area contributed by atoms with Gasteiger partial charge in [-0.15, -0.1) is 0 Å². The molecule has 116 valence electrons. The lowest BCUT2D eigenvalue weighted by Gasteiger charge is -2.08. The van der Waals surface area contributed by atoms with Crippen LogP contribution < -0.4 is 10.7 Å². The summed E-state index contributed by atoms with van der Waals surface area (Å²) in [5.41, 5.74) is 3.14. The first kappa shape index (κ1) is 15.5. The van der Waals surface area contributed by atoms with Crippen molar-refractivity contribution in [2.24, 2.45) is 5.92 Å². The Kier molecular flexibility index (Phi) is 4.40. The van der Waals surface area contributed by atoms with E-state index in [0.717, 1.165) is 5.01 Å². The fourth-order valence-electron chi connectivity index (χ4n) is 2.03. The summed E-state index contributed by atoms with van der Waals surface area (Å²) in [6, 6.07) is 6.07. The second-order valence-corrected chi connectivity index (χ2v) is 4.75. The van der Waals surface area contributed by atoms with Gasteiger partial charge in [0.15, 0.2) is 0 Å². The SMILES string of the molecule is COC(=O)c1ccc(NC(=O)CC2C(=O)NN(C)C2=O)cc1. The van der Waals surface area contributed by atoms with Crippen LogP contribution in [0.25, 0.3) is 0 Å². The lowest BCUT2D eigenvalue weighted by molar-refractivity contribution is -0.134. The van der Waals surface area contributed by atoms with Crippen LogP contribution in [-0.4, -0.2) is 42.9 Å². The van der Waals surface area contributed by atoms with E-state index in [1.54, 1.807) is 0 Å². The first-order valence-corrected chi connectivity index (χ1v) is 6.48. The molecule has 1 heterocycles. The molecule has 1 aromatic rings. The summed E-state index contributed by atoms with van der Waals surface area (Å²) in [5.74, 6) is -2.90. The summed E-state index contributed by atoms with van der Waals surface area (Å²) in [6.07, 6.45) is -0.242. The molecule has 3 amide bonds. The van der Waals surface area contributed by atoms with E-state index in [9.17, 15) is 19.2 Å². The molecule has 0 radical (unpaired) electrons. The Morgan fingerprint density at radius 2 is 1.91 bits per heavy atom. The molecule has 0 bridgehead atoms. The molecular formula is C14H15N3O5.